The van der Waals surface area contributed by atoms with E-state index in [0.29, 0.717) is 28.1 Å². The molecule has 0 radical (unpaired) electrons. The van der Waals surface area contributed by atoms with Crippen molar-refractivity contribution in [1.82, 2.24) is 5.32 Å². The van der Waals surface area contributed by atoms with Crippen molar-refractivity contribution in [2.75, 3.05) is 12.3 Å². The number of nitrogens with one attached hydrogen (secondary N) is 1. The molecule has 0 aliphatic carbocycles. The highest BCUT2D eigenvalue weighted by atomic mass is 79.9. The van der Waals surface area contributed by atoms with Gasteiger partial charge in [-0.1, -0.05) is 18.2 Å². The van der Waals surface area contributed by atoms with E-state index in [2.05, 4.69) is 21.2 Å². The minimum Gasteiger partial charge on any atom is -0.351 e. The maximum Gasteiger partial charge on any atom is 0.284 e. The Bertz CT molecular complexity index is 758. The molecule has 5 nitrogen and oxygen atoms in total. The van der Waals surface area contributed by atoms with Crippen LogP contribution in [0.1, 0.15) is 15.9 Å². The van der Waals surface area contributed by atoms with Crippen molar-refractivity contribution in [3.8, 4) is 0 Å². The van der Waals surface area contributed by atoms with Crippen molar-refractivity contribution >= 4 is 39.3 Å². The molecule has 24 heavy (non-hydrogen) atoms. The van der Waals surface area contributed by atoms with E-state index >= 15 is 0 Å². The third kappa shape index (κ3) is 5.04. The zero-order valence-electron chi connectivity index (χ0n) is 12.5. The minimum absolute atomic E-state index is 0.156. The lowest BCUT2D eigenvalue weighted by molar-refractivity contribution is -0.385. The lowest BCUT2D eigenvalue weighted by atomic mass is 10.2. The van der Waals surface area contributed by atoms with Gasteiger partial charge in [0.25, 0.3) is 11.6 Å². The summed E-state index contributed by atoms with van der Waals surface area (Å²) in [6.07, 6.45) is 0. The van der Waals surface area contributed by atoms with E-state index in [1.807, 2.05) is 0 Å². The predicted octanol–water partition coefficient (Wildman–Crippen LogP) is 4.16. The summed E-state index contributed by atoms with van der Waals surface area (Å²) < 4.78 is 13.8. The molecule has 0 saturated heterocycles. The molecule has 0 atom stereocenters. The highest BCUT2D eigenvalue weighted by Crippen LogP contribution is 2.25. The summed E-state index contributed by atoms with van der Waals surface area (Å²) in [6.45, 7) is 0.391. The number of thioether (sulfide) groups is 1. The average Bonchev–Trinajstić information content (AvgIpc) is 2.56. The Morgan fingerprint density at radius 1 is 1.29 bits per heavy atom. The molecular weight excluding hydrogens is 399 g/mol. The molecule has 2 rings (SSSR count). The van der Waals surface area contributed by atoms with Crippen LogP contribution in [0.5, 0.6) is 0 Å². The fourth-order valence-electron chi connectivity index (χ4n) is 1.93. The van der Waals surface area contributed by atoms with Crippen LogP contribution in [-0.2, 0) is 5.75 Å². The summed E-state index contributed by atoms with van der Waals surface area (Å²) in [5.74, 6) is 0.513. The smallest absolute Gasteiger partial charge is 0.284 e. The van der Waals surface area contributed by atoms with Crippen molar-refractivity contribution in [3.63, 3.8) is 0 Å². The van der Waals surface area contributed by atoms with Crippen molar-refractivity contribution in [1.29, 1.82) is 0 Å². The number of benzene rings is 2. The molecule has 0 aliphatic heterocycles. The molecule has 0 aromatic heterocycles. The van der Waals surface area contributed by atoms with Crippen LogP contribution in [0.25, 0.3) is 0 Å². The molecule has 0 heterocycles. The molecule has 2 aromatic rings. The van der Waals surface area contributed by atoms with Crippen molar-refractivity contribution in [2.45, 2.75) is 5.75 Å². The van der Waals surface area contributed by atoms with Crippen LogP contribution in [0.15, 0.2) is 46.9 Å². The van der Waals surface area contributed by atoms with Gasteiger partial charge in [0, 0.05) is 29.7 Å². The first kappa shape index (κ1) is 18.4. The van der Waals surface area contributed by atoms with Crippen LogP contribution < -0.4 is 5.32 Å². The van der Waals surface area contributed by atoms with Crippen LogP contribution in [0.3, 0.4) is 0 Å². The van der Waals surface area contributed by atoms with E-state index in [1.54, 1.807) is 18.2 Å². The van der Waals surface area contributed by atoms with Gasteiger partial charge in [-0.25, -0.2) is 4.39 Å². The lowest BCUT2D eigenvalue weighted by Crippen LogP contribution is -2.25. The Kier molecular flexibility index (Phi) is 6.74. The second-order valence-electron chi connectivity index (χ2n) is 4.82. The molecule has 0 unspecified atom stereocenters. The largest absolute Gasteiger partial charge is 0.351 e. The summed E-state index contributed by atoms with van der Waals surface area (Å²) in [5.41, 5.74) is 0.693. The number of nitro groups is 1. The molecule has 0 spiro atoms. The maximum atomic E-state index is 13.4. The van der Waals surface area contributed by atoms with Gasteiger partial charge in [0.2, 0.25) is 0 Å². The Balaban J connectivity index is 1.80. The monoisotopic (exact) mass is 412 g/mol. The van der Waals surface area contributed by atoms with E-state index in [-0.39, 0.29) is 23.0 Å². The zero-order valence-corrected chi connectivity index (χ0v) is 14.9. The lowest BCUT2D eigenvalue weighted by Gasteiger charge is -2.06. The molecule has 0 aliphatic rings. The van der Waals surface area contributed by atoms with Gasteiger partial charge < -0.3 is 5.32 Å². The third-order valence-corrected chi connectivity index (χ3v) is 4.83. The summed E-state index contributed by atoms with van der Waals surface area (Å²) in [5, 5.41) is 13.6. The highest BCUT2D eigenvalue weighted by Gasteiger charge is 2.15. The predicted molar refractivity (Wildman–Crippen MR) is 95.7 cm³/mol. The fraction of sp³-hybridized carbons (Fsp3) is 0.188. The van der Waals surface area contributed by atoms with E-state index < -0.39 is 4.92 Å². The number of hydrogen-bond acceptors (Lipinski definition) is 4. The average molecular weight is 413 g/mol. The van der Waals surface area contributed by atoms with Crippen molar-refractivity contribution < 1.29 is 14.1 Å². The van der Waals surface area contributed by atoms with Crippen molar-refractivity contribution in [3.05, 3.63) is 74.0 Å². The molecular formula is C16H14BrFN2O3S. The van der Waals surface area contributed by atoms with E-state index in [4.69, 9.17) is 0 Å². The van der Waals surface area contributed by atoms with Gasteiger partial charge in [0.05, 0.1) is 9.40 Å². The summed E-state index contributed by atoms with van der Waals surface area (Å²) in [4.78, 5) is 22.3. The Morgan fingerprint density at radius 3 is 2.75 bits per heavy atom. The van der Waals surface area contributed by atoms with Gasteiger partial charge >= 0.3 is 0 Å². The van der Waals surface area contributed by atoms with Gasteiger partial charge in [0.1, 0.15) is 5.82 Å². The number of hydrogen-bond donors (Lipinski definition) is 1. The second-order valence-corrected chi connectivity index (χ2v) is 6.78. The Hall–Kier alpha value is -1.93. The Morgan fingerprint density at radius 2 is 2.04 bits per heavy atom. The van der Waals surface area contributed by atoms with Crippen LogP contribution >= 0.6 is 27.7 Å². The first-order valence-electron chi connectivity index (χ1n) is 7.02. The third-order valence-electron chi connectivity index (χ3n) is 3.15. The number of amides is 1. The van der Waals surface area contributed by atoms with Crippen molar-refractivity contribution in [2.24, 2.45) is 0 Å². The number of carbonyl (C=O) groups is 1. The fourth-order valence-corrected chi connectivity index (χ4v) is 3.17. The minimum atomic E-state index is -0.550. The molecule has 0 fully saturated rings. The van der Waals surface area contributed by atoms with E-state index in [0.717, 1.165) is 0 Å². The quantitative estimate of drug-likeness (QED) is 0.420. The molecule has 1 N–H and O–H groups in total. The normalized spacial score (nSPS) is 10.4. The maximum absolute atomic E-state index is 13.4. The molecule has 8 heteroatoms. The number of halogens is 2. The molecule has 0 bridgehead atoms. The van der Waals surface area contributed by atoms with Crippen LogP contribution in [-0.4, -0.2) is 23.1 Å². The molecule has 2 aromatic carbocycles. The standard InChI is InChI=1S/C16H14BrFN2O3S/c17-13-6-5-11(9-15(13)20(22)23)16(21)19-7-8-24-10-12-3-1-2-4-14(12)18/h1-6,9H,7-8,10H2,(H,19,21). The topological polar surface area (TPSA) is 72.2 Å². The summed E-state index contributed by atoms with van der Waals surface area (Å²) in [7, 11) is 0. The van der Waals surface area contributed by atoms with Crippen LogP contribution in [0.2, 0.25) is 0 Å². The zero-order chi connectivity index (χ0) is 17.5. The number of rotatable bonds is 7. The van der Waals surface area contributed by atoms with E-state index in [9.17, 15) is 19.3 Å². The second kappa shape index (κ2) is 8.79. The van der Waals surface area contributed by atoms with E-state index in [1.165, 1.54) is 36.0 Å². The van der Waals surface area contributed by atoms with Gasteiger partial charge in [-0.3, -0.25) is 14.9 Å². The SMILES string of the molecule is O=C(NCCSCc1ccccc1F)c1ccc(Br)c([N+](=O)[O-])c1. The summed E-state index contributed by atoms with van der Waals surface area (Å²) in [6, 6.07) is 10.8. The van der Waals surface area contributed by atoms with Gasteiger partial charge in [-0.2, -0.15) is 11.8 Å². The van der Waals surface area contributed by atoms with Crippen LogP contribution in [0.4, 0.5) is 10.1 Å². The molecule has 0 saturated carbocycles. The highest BCUT2D eigenvalue weighted by molar-refractivity contribution is 9.10. The van der Waals surface area contributed by atoms with Crippen LogP contribution in [0, 0.1) is 15.9 Å². The first-order chi connectivity index (χ1) is 11.5. The molecule has 1 amide bonds. The Labute approximate surface area is 150 Å². The number of nitrogens with zero attached hydrogens (tertiary/aromatic N) is 1. The number of carbonyl (C=O) groups excluding carboxylic acids is 1. The number of nitro benzene ring substituents is 1. The first-order valence-corrected chi connectivity index (χ1v) is 8.97. The van der Waals surface area contributed by atoms with Gasteiger partial charge in [-0.05, 0) is 39.7 Å². The van der Waals surface area contributed by atoms with Gasteiger partial charge in [-0.15, -0.1) is 0 Å². The summed E-state index contributed by atoms with van der Waals surface area (Å²) >= 11 is 4.57. The molecule has 126 valence electrons. The van der Waals surface area contributed by atoms with Gasteiger partial charge in [0.15, 0.2) is 0 Å².